The van der Waals surface area contributed by atoms with Crippen LogP contribution in [0.15, 0.2) is 12.3 Å². The van der Waals surface area contributed by atoms with Crippen molar-refractivity contribution in [1.29, 1.82) is 0 Å². The SMILES string of the molecule is COCC(C)N(C)C(=O)c1cc(N)cn1C(C)C. The first-order chi connectivity index (χ1) is 8.38. The number of carbonyl (C=O) groups is 1. The molecule has 1 heterocycles. The third kappa shape index (κ3) is 3.04. The molecule has 0 aliphatic rings. The lowest BCUT2D eigenvalue weighted by Gasteiger charge is -2.25. The molecule has 1 rings (SSSR count). The van der Waals surface area contributed by atoms with Crippen molar-refractivity contribution in [3.8, 4) is 0 Å². The Morgan fingerprint density at radius 2 is 2.11 bits per heavy atom. The van der Waals surface area contributed by atoms with Crippen molar-refractivity contribution in [3.63, 3.8) is 0 Å². The van der Waals surface area contributed by atoms with Gasteiger partial charge in [0.2, 0.25) is 0 Å². The van der Waals surface area contributed by atoms with E-state index in [1.807, 2.05) is 25.3 Å². The number of ether oxygens (including phenoxy) is 1. The zero-order valence-electron chi connectivity index (χ0n) is 11.8. The van der Waals surface area contributed by atoms with Crippen LogP contribution in [0.1, 0.15) is 37.3 Å². The van der Waals surface area contributed by atoms with Crippen LogP contribution < -0.4 is 5.73 Å². The molecule has 5 heteroatoms. The number of amides is 1. The molecule has 0 radical (unpaired) electrons. The maximum absolute atomic E-state index is 12.4. The number of methoxy groups -OCH3 is 1. The fourth-order valence-corrected chi connectivity index (χ4v) is 1.83. The van der Waals surface area contributed by atoms with Crippen LogP contribution in [-0.4, -0.2) is 42.2 Å². The van der Waals surface area contributed by atoms with Crippen LogP contribution in [-0.2, 0) is 4.74 Å². The summed E-state index contributed by atoms with van der Waals surface area (Å²) >= 11 is 0. The number of nitrogens with two attached hydrogens (primary N) is 1. The molecule has 1 atom stereocenters. The summed E-state index contributed by atoms with van der Waals surface area (Å²) in [6.45, 7) is 6.51. The molecule has 0 bridgehead atoms. The minimum atomic E-state index is -0.0371. The average Bonchev–Trinajstić information content (AvgIpc) is 2.69. The summed E-state index contributed by atoms with van der Waals surface area (Å²) in [6.07, 6.45) is 1.80. The van der Waals surface area contributed by atoms with Crippen molar-refractivity contribution >= 4 is 11.6 Å². The van der Waals surface area contributed by atoms with E-state index in [9.17, 15) is 4.79 Å². The average molecular weight is 253 g/mol. The number of rotatable bonds is 5. The Labute approximate surface area is 109 Å². The number of hydrogen-bond donors (Lipinski definition) is 1. The summed E-state index contributed by atoms with van der Waals surface area (Å²) in [4.78, 5) is 14.1. The number of carbonyl (C=O) groups excluding carboxylic acids is 1. The number of aromatic nitrogens is 1. The summed E-state index contributed by atoms with van der Waals surface area (Å²) in [5.41, 5.74) is 7.00. The second kappa shape index (κ2) is 5.91. The Bertz CT molecular complexity index is 412. The predicted octanol–water partition coefficient (Wildman–Crippen LogP) is 1.76. The molecule has 1 unspecified atom stereocenters. The van der Waals surface area contributed by atoms with Crippen molar-refractivity contribution in [2.24, 2.45) is 0 Å². The summed E-state index contributed by atoms with van der Waals surface area (Å²) in [6, 6.07) is 1.95. The zero-order valence-corrected chi connectivity index (χ0v) is 11.8. The number of hydrogen-bond acceptors (Lipinski definition) is 3. The van der Waals surface area contributed by atoms with Crippen LogP contribution >= 0.6 is 0 Å². The summed E-state index contributed by atoms with van der Waals surface area (Å²) in [5, 5.41) is 0. The maximum atomic E-state index is 12.4. The van der Waals surface area contributed by atoms with Crippen molar-refractivity contribution in [2.75, 3.05) is 26.5 Å². The summed E-state index contributed by atoms with van der Waals surface area (Å²) < 4.78 is 6.96. The monoisotopic (exact) mass is 253 g/mol. The minimum absolute atomic E-state index is 0.0271. The van der Waals surface area contributed by atoms with E-state index in [0.29, 0.717) is 18.0 Å². The molecule has 0 aliphatic carbocycles. The van der Waals surface area contributed by atoms with Crippen LogP contribution in [0.4, 0.5) is 5.69 Å². The number of anilines is 1. The van der Waals surface area contributed by atoms with Crippen molar-refractivity contribution in [2.45, 2.75) is 32.9 Å². The second-order valence-corrected chi connectivity index (χ2v) is 4.88. The highest BCUT2D eigenvalue weighted by atomic mass is 16.5. The van der Waals surface area contributed by atoms with E-state index in [-0.39, 0.29) is 18.0 Å². The minimum Gasteiger partial charge on any atom is -0.397 e. The normalized spacial score (nSPS) is 12.8. The molecule has 5 nitrogen and oxygen atoms in total. The highest BCUT2D eigenvalue weighted by Crippen LogP contribution is 2.18. The van der Waals surface area contributed by atoms with E-state index in [0.717, 1.165) is 0 Å². The molecule has 0 aliphatic heterocycles. The first kappa shape index (κ1) is 14.6. The Morgan fingerprint density at radius 3 is 2.61 bits per heavy atom. The molecule has 18 heavy (non-hydrogen) atoms. The van der Waals surface area contributed by atoms with Crippen LogP contribution in [0.5, 0.6) is 0 Å². The van der Waals surface area contributed by atoms with E-state index in [1.54, 1.807) is 31.3 Å². The highest BCUT2D eigenvalue weighted by Gasteiger charge is 2.21. The Morgan fingerprint density at radius 1 is 1.50 bits per heavy atom. The molecule has 0 fully saturated rings. The first-order valence-electron chi connectivity index (χ1n) is 6.12. The molecule has 102 valence electrons. The number of likely N-dealkylation sites (N-methyl/N-ethyl adjacent to an activating group) is 1. The van der Waals surface area contributed by atoms with E-state index >= 15 is 0 Å². The molecule has 1 amide bonds. The lowest BCUT2D eigenvalue weighted by Crippen LogP contribution is -2.38. The van der Waals surface area contributed by atoms with Gasteiger partial charge in [0.1, 0.15) is 5.69 Å². The third-order valence-corrected chi connectivity index (χ3v) is 3.03. The maximum Gasteiger partial charge on any atom is 0.270 e. The number of nitrogen functional groups attached to an aromatic ring is 1. The highest BCUT2D eigenvalue weighted by molar-refractivity contribution is 5.94. The van der Waals surface area contributed by atoms with E-state index in [4.69, 9.17) is 10.5 Å². The van der Waals surface area contributed by atoms with E-state index < -0.39 is 0 Å². The van der Waals surface area contributed by atoms with Gasteiger partial charge in [0.25, 0.3) is 5.91 Å². The van der Waals surface area contributed by atoms with Gasteiger partial charge in [0.05, 0.1) is 18.3 Å². The lowest BCUT2D eigenvalue weighted by atomic mass is 10.2. The van der Waals surface area contributed by atoms with Gasteiger partial charge < -0.3 is 19.9 Å². The Balaban J connectivity index is 2.96. The molecule has 2 N–H and O–H groups in total. The lowest BCUT2D eigenvalue weighted by molar-refractivity contribution is 0.0622. The van der Waals surface area contributed by atoms with Gasteiger partial charge in [-0.25, -0.2) is 0 Å². The van der Waals surface area contributed by atoms with E-state index in [2.05, 4.69) is 0 Å². The van der Waals surface area contributed by atoms with Crippen molar-refractivity contribution < 1.29 is 9.53 Å². The largest absolute Gasteiger partial charge is 0.397 e. The molecule has 1 aromatic rings. The first-order valence-corrected chi connectivity index (χ1v) is 6.12. The van der Waals surface area contributed by atoms with Gasteiger partial charge in [0.15, 0.2) is 0 Å². The van der Waals surface area contributed by atoms with Gasteiger partial charge in [-0.15, -0.1) is 0 Å². The fourth-order valence-electron chi connectivity index (χ4n) is 1.83. The smallest absolute Gasteiger partial charge is 0.270 e. The quantitative estimate of drug-likeness (QED) is 0.869. The third-order valence-electron chi connectivity index (χ3n) is 3.03. The standard InChI is InChI=1S/C13H23N3O2/c1-9(2)16-7-11(14)6-12(16)13(17)15(4)10(3)8-18-5/h6-7,9-10H,8,14H2,1-5H3. The van der Waals surface area contributed by atoms with Crippen LogP contribution in [0, 0.1) is 0 Å². The topological polar surface area (TPSA) is 60.5 Å². The Hall–Kier alpha value is -1.49. The van der Waals surface area contributed by atoms with E-state index in [1.165, 1.54) is 0 Å². The molecule has 0 spiro atoms. The van der Waals surface area contributed by atoms with Crippen LogP contribution in [0.2, 0.25) is 0 Å². The molecule has 1 aromatic heterocycles. The van der Waals surface area contributed by atoms with Gasteiger partial charge in [0, 0.05) is 26.4 Å². The second-order valence-electron chi connectivity index (χ2n) is 4.88. The van der Waals surface area contributed by atoms with Gasteiger partial charge in [-0.2, -0.15) is 0 Å². The van der Waals surface area contributed by atoms with Gasteiger partial charge in [-0.05, 0) is 26.8 Å². The van der Waals surface area contributed by atoms with Crippen molar-refractivity contribution in [3.05, 3.63) is 18.0 Å². The van der Waals surface area contributed by atoms with Gasteiger partial charge in [-0.3, -0.25) is 4.79 Å². The van der Waals surface area contributed by atoms with Crippen LogP contribution in [0.3, 0.4) is 0 Å². The fraction of sp³-hybridized carbons (Fsp3) is 0.615. The predicted molar refractivity (Wildman–Crippen MR) is 72.7 cm³/mol. The van der Waals surface area contributed by atoms with Gasteiger partial charge >= 0.3 is 0 Å². The summed E-state index contributed by atoms with van der Waals surface area (Å²) in [7, 11) is 3.41. The molecule has 0 saturated heterocycles. The van der Waals surface area contributed by atoms with Crippen molar-refractivity contribution in [1.82, 2.24) is 9.47 Å². The Kier molecular flexibility index (Phi) is 4.78. The number of nitrogens with zero attached hydrogens (tertiary/aromatic N) is 2. The molecular formula is C13H23N3O2. The summed E-state index contributed by atoms with van der Waals surface area (Å²) in [5.74, 6) is -0.0371. The van der Waals surface area contributed by atoms with Crippen LogP contribution in [0.25, 0.3) is 0 Å². The molecular weight excluding hydrogens is 230 g/mol. The zero-order chi connectivity index (χ0) is 13.9. The molecule has 0 saturated carbocycles. The van der Waals surface area contributed by atoms with Gasteiger partial charge in [-0.1, -0.05) is 0 Å². The molecule has 0 aromatic carbocycles.